The van der Waals surface area contributed by atoms with Crippen molar-refractivity contribution in [3.05, 3.63) is 34.9 Å². The number of anilines is 1. The maximum Gasteiger partial charge on any atom is 0.316 e. The molecule has 2 heterocycles. The predicted molar refractivity (Wildman–Crippen MR) is 119 cm³/mol. The van der Waals surface area contributed by atoms with Gasteiger partial charge in [-0.2, -0.15) is 0 Å². The van der Waals surface area contributed by atoms with E-state index >= 15 is 0 Å². The molecule has 164 valence electrons. The third-order valence-electron chi connectivity index (χ3n) is 6.52. The van der Waals surface area contributed by atoms with E-state index in [4.69, 9.17) is 9.40 Å². The fraction of sp³-hybridized carbons (Fsp3) is 0.542. The standard InChI is InChI=1S/C24H30N4O3/c1-13-7-19(21-27-28-22(31-21)25-16-10-24(30,11-16)12-29)26-20-17(13)8-15(14-5-6-14)9-18(20)23(2,3)4/h7-9,14,16,29-30H,5-6,10-12H2,1-4H3,(H,25,28)/t16-,24+. The molecule has 2 aliphatic rings. The summed E-state index contributed by atoms with van der Waals surface area (Å²) in [4.78, 5) is 4.96. The molecule has 2 aliphatic carbocycles. The van der Waals surface area contributed by atoms with Gasteiger partial charge in [0.2, 0.25) is 0 Å². The number of hydrogen-bond donors (Lipinski definition) is 3. The fourth-order valence-electron chi connectivity index (χ4n) is 4.50. The molecule has 2 saturated carbocycles. The average Bonchev–Trinajstić information content (AvgIpc) is 3.44. The molecular weight excluding hydrogens is 392 g/mol. The number of aryl methyl sites for hydroxylation is 1. The number of nitrogens with zero attached hydrogens (tertiary/aromatic N) is 3. The van der Waals surface area contributed by atoms with Gasteiger partial charge in [-0.3, -0.25) is 0 Å². The number of hydrogen-bond acceptors (Lipinski definition) is 7. The minimum Gasteiger partial charge on any atom is -0.402 e. The molecule has 2 fully saturated rings. The number of rotatable bonds is 5. The van der Waals surface area contributed by atoms with Crippen LogP contribution in [0.1, 0.15) is 69.1 Å². The van der Waals surface area contributed by atoms with Gasteiger partial charge in [-0.25, -0.2) is 4.98 Å². The first kappa shape index (κ1) is 20.4. The Morgan fingerprint density at radius 3 is 2.55 bits per heavy atom. The SMILES string of the molecule is Cc1cc(-c2nnc(N[C@H]3C[C@](O)(CO)C3)o2)nc2c(C(C)(C)C)cc(C3CC3)cc12. The number of benzene rings is 1. The van der Waals surface area contributed by atoms with E-state index in [0.717, 1.165) is 11.1 Å². The third kappa shape index (κ3) is 3.81. The Bertz CT molecular complexity index is 1140. The van der Waals surface area contributed by atoms with E-state index in [9.17, 15) is 10.2 Å². The summed E-state index contributed by atoms with van der Waals surface area (Å²) in [5.74, 6) is 1.06. The van der Waals surface area contributed by atoms with Crippen molar-refractivity contribution in [2.75, 3.05) is 11.9 Å². The highest BCUT2D eigenvalue weighted by Crippen LogP contribution is 2.44. The molecule has 7 heteroatoms. The summed E-state index contributed by atoms with van der Waals surface area (Å²) >= 11 is 0. The fourth-order valence-corrected chi connectivity index (χ4v) is 4.50. The molecule has 31 heavy (non-hydrogen) atoms. The summed E-state index contributed by atoms with van der Waals surface area (Å²) < 4.78 is 5.84. The molecule has 3 N–H and O–H groups in total. The summed E-state index contributed by atoms with van der Waals surface area (Å²) in [6.45, 7) is 8.55. The van der Waals surface area contributed by atoms with Gasteiger partial charge in [-0.05, 0) is 72.8 Å². The zero-order valence-electron chi connectivity index (χ0n) is 18.6. The number of aromatic nitrogens is 3. The number of aliphatic hydroxyl groups is 2. The summed E-state index contributed by atoms with van der Waals surface area (Å²) in [5, 5.41) is 31.8. The van der Waals surface area contributed by atoms with Crippen LogP contribution in [0.5, 0.6) is 0 Å². The van der Waals surface area contributed by atoms with Gasteiger partial charge < -0.3 is 19.9 Å². The molecular formula is C24H30N4O3. The molecule has 0 amide bonds. The maximum absolute atomic E-state index is 9.96. The highest BCUT2D eigenvalue weighted by molar-refractivity contribution is 5.88. The van der Waals surface area contributed by atoms with Crippen molar-refractivity contribution in [2.45, 2.75) is 76.4 Å². The van der Waals surface area contributed by atoms with Gasteiger partial charge in [0.25, 0.3) is 5.89 Å². The van der Waals surface area contributed by atoms with Crippen LogP contribution >= 0.6 is 0 Å². The van der Waals surface area contributed by atoms with E-state index in [1.165, 1.54) is 29.4 Å². The van der Waals surface area contributed by atoms with Gasteiger partial charge in [0, 0.05) is 11.4 Å². The summed E-state index contributed by atoms with van der Waals surface area (Å²) in [6, 6.07) is 6.95. The molecule has 0 radical (unpaired) electrons. The van der Waals surface area contributed by atoms with Crippen molar-refractivity contribution < 1.29 is 14.6 Å². The third-order valence-corrected chi connectivity index (χ3v) is 6.52. The number of fused-ring (bicyclic) bond motifs is 1. The van der Waals surface area contributed by atoms with E-state index in [-0.39, 0.29) is 18.1 Å². The first-order valence-electron chi connectivity index (χ1n) is 11.0. The molecule has 1 aromatic carbocycles. The lowest BCUT2D eigenvalue weighted by atomic mass is 9.76. The summed E-state index contributed by atoms with van der Waals surface area (Å²) in [5.41, 5.74) is 4.43. The Balaban J connectivity index is 1.48. The van der Waals surface area contributed by atoms with Crippen LogP contribution in [0.4, 0.5) is 6.01 Å². The molecule has 0 saturated heterocycles. The van der Waals surface area contributed by atoms with Crippen LogP contribution in [0.3, 0.4) is 0 Å². The van der Waals surface area contributed by atoms with Crippen molar-refractivity contribution >= 4 is 16.9 Å². The minimum absolute atomic E-state index is 0.00471. The van der Waals surface area contributed by atoms with Crippen LogP contribution < -0.4 is 5.32 Å². The molecule has 2 aromatic heterocycles. The molecule has 3 aromatic rings. The Kier molecular flexibility index (Phi) is 4.61. The highest BCUT2D eigenvalue weighted by Gasteiger charge is 2.42. The topological polar surface area (TPSA) is 104 Å². The molecule has 0 bridgehead atoms. The van der Waals surface area contributed by atoms with E-state index < -0.39 is 5.60 Å². The Hall–Kier alpha value is -2.51. The number of nitrogens with one attached hydrogen (secondary N) is 1. The zero-order chi connectivity index (χ0) is 22.0. The van der Waals surface area contributed by atoms with Crippen LogP contribution in [0, 0.1) is 6.92 Å². The van der Waals surface area contributed by atoms with Crippen LogP contribution in [0.2, 0.25) is 0 Å². The lowest BCUT2D eigenvalue weighted by Crippen LogP contribution is -2.53. The second kappa shape index (κ2) is 7.00. The van der Waals surface area contributed by atoms with E-state index in [1.807, 2.05) is 6.07 Å². The van der Waals surface area contributed by atoms with Crippen LogP contribution in [0.15, 0.2) is 22.6 Å². The molecule has 0 unspecified atom stereocenters. The van der Waals surface area contributed by atoms with Crippen LogP contribution in [0.25, 0.3) is 22.5 Å². The quantitative estimate of drug-likeness (QED) is 0.569. The Morgan fingerprint density at radius 2 is 1.90 bits per heavy atom. The first-order chi connectivity index (χ1) is 14.6. The second-order valence-corrected chi connectivity index (χ2v) is 10.4. The molecule has 7 nitrogen and oxygen atoms in total. The number of aliphatic hydroxyl groups excluding tert-OH is 1. The van der Waals surface area contributed by atoms with Gasteiger partial charge in [0.1, 0.15) is 5.69 Å². The zero-order valence-corrected chi connectivity index (χ0v) is 18.6. The van der Waals surface area contributed by atoms with Gasteiger partial charge in [-0.15, -0.1) is 5.10 Å². The first-order valence-corrected chi connectivity index (χ1v) is 11.0. The maximum atomic E-state index is 9.96. The van der Waals surface area contributed by atoms with Crippen molar-refractivity contribution in [1.29, 1.82) is 0 Å². The summed E-state index contributed by atoms with van der Waals surface area (Å²) in [7, 11) is 0. The lowest BCUT2D eigenvalue weighted by Gasteiger charge is -2.42. The molecule has 0 aliphatic heterocycles. The lowest BCUT2D eigenvalue weighted by molar-refractivity contribution is -0.0806. The largest absolute Gasteiger partial charge is 0.402 e. The monoisotopic (exact) mass is 422 g/mol. The molecule has 5 rings (SSSR count). The molecule has 0 atom stereocenters. The molecule has 0 spiro atoms. The predicted octanol–water partition coefficient (Wildman–Crippen LogP) is 4.07. The van der Waals surface area contributed by atoms with Crippen LogP contribution in [-0.4, -0.2) is 43.6 Å². The normalized spacial score (nSPS) is 23.7. The van der Waals surface area contributed by atoms with Gasteiger partial charge in [0.05, 0.1) is 17.7 Å². The van der Waals surface area contributed by atoms with Crippen molar-refractivity contribution in [3.8, 4) is 11.6 Å². The van der Waals surface area contributed by atoms with Crippen LogP contribution in [-0.2, 0) is 5.41 Å². The summed E-state index contributed by atoms with van der Waals surface area (Å²) in [6.07, 6.45) is 3.45. The smallest absolute Gasteiger partial charge is 0.316 e. The minimum atomic E-state index is -1.000. The van der Waals surface area contributed by atoms with Gasteiger partial charge in [-0.1, -0.05) is 31.9 Å². The van der Waals surface area contributed by atoms with Gasteiger partial charge >= 0.3 is 6.01 Å². The van der Waals surface area contributed by atoms with E-state index in [1.54, 1.807) is 0 Å². The Morgan fingerprint density at radius 1 is 1.16 bits per heavy atom. The Labute approximate surface area is 181 Å². The second-order valence-electron chi connectivity index (χ2n) is 10.4. The van der Waals surface area contributed by atoms with Crippen molar-refractivity contribution in [1.82, 2.24) is 15.2 Å². The van der Waals surface area contributed by atoms with E-state index in [2.05, 4.69) is 55.3 Å². The van der Waals surface area contributed by atoms with Gasteiger partial charge in [0.15, 0.2) is 0 Å². The number of pyridine rings is 1. The van der Waals surface area contributed by atoms with Crippen molar-refractivity contribution in [2.24, 2.45) is 0 Å². The van der Waals surface area contributed by atoms with Crippen molar-refractivity contribution in [3.63, 3.8) is 0 Å². The average molecular weight is 423 g/mol. The van der Waals surface area contributed by atoms with E-state index in [0.29, 0.717) is 36.4 Å². The highest BCUT2D eigenvalue weighted by atomic mass is 16.4.